The molecule has 9 heteroatoms. The van der Waals surface area contributed by atoms with Crippen molar-refractivity contribution in [3.63, 3.8) is 0 Å². The lowest BCUT2D eigenvalue weighted by Crippen LogP contribution is -2.28. The number of hydrogen-bond donors (Lipinski definition) is 2. The summed E-state index contributed by atoms with van der Waals surface area (Å²) in [5.41, 5.74) is 0.785. The van der Waals surface area contributed by atoms with Gasteiger partial charge in [0.25, 0.3) is 11.1 Å². The van der Waals surface area contributed by atoms with Gasteiger partial charge in [-0.3, -0.25) is 19.9 Å². The molecular formula is C19H20FN5O2S. The van der Waals surface area contributed by atoms with Crippen molar-refractivity contribution in [1.29, 1.82) is 0 Å². The summed E-state index contributed by atoms with van der Waals surface area (Å²) in [6.45, 7) is 10.6. The lowest BCUT2D eigenvalue weighted by atomic mass is 10.1. The second-order valence-corrected chi connectivity index (χ2v) is 7.26. The van der Waals surface area contributed by atoms with Crippen LogP contribution in [0.3, 0.4) is 0 Å². The van der Waals surface area contributed by atoms with Gasteiger partial charge >= 0.3 is 0 Å². The van der Waals surface area contributed by atoms with Gasteiger partial charge in [-0.25, -0.2) is 9.37 Å². The van der Waals surface area contributed by atoms with E-state index in [9.17, 15) is 14.0 Å². The minimum Gasteiger partial charge on any atom is -0.354 e. The Morgan fingerprint density at radius 1 is 1.25 bits per heavy atom. The monoisotopic (exact) mass is 401 g/mol. The molecule has 2 N–H and O–H groups in total. The molecule has 7 nitrogen and oxygen atoms in total. The first-order chi connectivity index (χ1) is 13.4. The topological polar surface area (TPSA) is 87.2 Å². The number of hydrogen-bond acceptors (Lipinski definition) is 7. The summed E-state index contributed by atoms with van der Waals surface area (Å²) in [6, 6.07) is 0. The van der Waals surface area contributed by atoms with Crippen molar-refractivity contribution in [3.05, 3.63) is 59.7 Å². The van der Waals surface area contributed by atoms with Gasteiger partial charge in [-0.1, -0.05) is 13.2 Å². The van der Waals surface area contributed by atoms with E-state index < -0.39 is 17.0 Å². The highest BCUT2D eigenvalue weighted by atomic mass is 32.2. The highest BCUT2D eigenvalue weighted by molar-refractivity contribution is 8.18. The molecule has 2 aliphatic heterocycles. The van der Waals surface area contributed by atoms with Gasteiger partial charge in [0.05, 0.1) is 23.0 Å². The molecule has 2 amide bonds. The number of aromatic nitrogens is 2. The van der Waals surface area contributed by atoms with Gasteiger partial charge < -0.3 is 10.2 Å². The molecule has 3 heterocycles. The predicted molar refractivity (Wildman–Crippen MR) is 108 cm³/mol. The maximum Gasteiger partial charge on any atom is 0.290 e. The summed E-state index contributed by atoms with van der Waals surface area (Å²) < 4.78 is 14.1. The van der Waals surface area contributed by atoms with Crippen LogP contribution in [-0.2, 0) is 4.79 Å². The molecule has 1 aromatic rings. The summed E-state index contributed by atoms with van der Waals surface area (Å²) >= 11 is 0.771. The zero-order chi connectivity index (χ0) is 20.1. The molecule has 3 rings (SSSR count). The molecule has 0 bridgehead atoms. The van der Waals surface area contributed by atoms with Crippen molar-refractivity contribution >= 4 is 34.3 Å². The van der Waals surface area contributed by atoms with E-state index in [1.165, 1.54) is 18.3 Å². The molecule has 0 aliphatic carbocycles. The number of carbonyl (C=O) groups excluding carboxylic acids is 2. The van der Waals surface area contributed by atoms with Gasteiger partial charge in [0.2, 0.25) is 0 Å². The molecule has 0 unspecified atom stereocenters. The Hall–Kier alpha value is -2.78. The highest BCUT2D eigenvalue weighted by Gasteiger charge is 2.25. The number of nitrogens with one attached hydrogen (secondary N) is 2. The van der Waals surface area contributed by atoms with E-state index >= 15 is 0 Å². The van der Waals surface area contributed by atoms with Gasteiger partial charge in [0, 0.05) is 25.2 Å². The Kier molecular flexibility index (Phi) is 6.37. The van der Waals surface area contributed by atoms with Crippen LogP contribution in [0.1, 0.15) is 12.1 Å². The van der Waals surface area contributed by atoms with E-state index in [0.717, 1.165) is 44.4 Å². The summed E-state index contributed by atoms with van der Waals surface area (Å²) in [7, 11) is 0. The number of amides is 2. The molecule has 0 atom stereocenters. The van der Waals surface area contributed by atoms with Crippen LogP contribution in [0.2, 0.25) is 0 Å². The van der Waals surface area contributed by atoms with E-state index in [2.05, 4.69) is 38.7 Å². The Morgan fingerprint density at radius 2 is 2.07 bits per heavy atom. The van der Waals surface area contributed by atoms with Crippen molar-refractivity contribution in [2.24, 2.45) is 0 Å². The maximum atomic E-state index is 14.1. The Balaban J connectivity index is 1.86. The fourth-order valence-electron chi connectivity index (χ4n) is 2.82. The van der Waals surface area contributed by atoms with Crippen molar-refractivity contribution < 1.29 is 14.0 Å². The molecule has 0 spiro atoms. The zero-order valence-corrected chi connectivity index (χ0v) is 16.0. The summed E-state index contributed by atoms with van der Waals surface area (Å²) in [5.74, 6) is -0.529. The minimum atomic E-state index is -0.692. The van der Waals surface area contributed by atoms with Crippen LogP contribution in [0.25, 0.3) is 5.57 Å². The van der Waals surface area contributed by atoms with E-state index in [1.807, 2.05) is 0 Å². The SMILES string of the molecule is C=C(/C=C1\SC(=O)NC1=O)/C=C(\C(=C)F)c1cncc(N2CCCNCC2)n1. The van der Waals surface area contributed by atoms with Crippen molar-refractivity contribution in [2.45, 2.75) is 6.42 Å². The van der Waals surface area contributed by atoms with E-state index in [0.29, 0.717) is 17.1 Å². The molecule has 2 fully saturated rings. The van der Waals surface area contributed by atoms with Gasteiger partial charge in [-0.05, 0) is 42.5 Å². The quantitative estimate of drug-likeness (QED) is 0.579. The second-order valence-electron chi connectivity index (χ2n) is 6.24. The predicted octanol–water partition coefficient (Wildman–Crippen LogP) is 2.57. The summed E-state index contributed by atoms with van der Waals surface area (Å²) in [5, 5.41) is 5.03. The van der Waals surface area contributed by atoms with Crippen molar-refractivity contribution in [3.8, 4) is 0 Å². The van der Waals surface area contributed by atoms with Gasteiger partial charge in [0.15, 0.2) is 0 Å². The van der Waals surface area contributed by atoms with E-state index in [-0.39, 0.29) is 10.5 Å². The first-order valence-electron chi connectivity index (χ1n) is 8.72. The average molecular weight is 401 g/mol. The van der Waals surface area contributed by atoms with Gasteiger partial charge in [-0.15, -0.1) is 0 Å². The average Bonchev–Trinajstić information content (AvgIpc) is 2.86. The standard InChI is InChI=1S/C19H20FN5O2S/c1-12(9-16-18(26)24-19(27)28-16)8-14(13(2)20)15-10-22-11-17(23-15)25-6-3-4-21-5-7-25/h8-11,21H,1-7H2,(H,24,26,27)/b14-8+,16-9-. The molecule has 1 aromatic heterocycles. The smallest absolute Gasteiger partial charge is 0.290 e. The number of anilines is 1. The lowest BCUT2D eigenvalue weighted by Gasteiger charge is -2.21. The summed E-state index contributed by atoms with van der Waals surface area (Å²) in [4.78, 5) is 33.9. The van der Waals surface area contributed by atoms with Crippen LogP contribution >= 0.6 is 11.8 Å². The molecular weight excluding hydrogens is 381 g/mol. The van der Waals surface area contributed by atoms with Crippen molar-refractivity contribution in [2.75, 3.05) is 31.1 Å². The van der Waals surface area contributed by atoms with E-state index in [1.54, 1.807) is 6.20 Å². The first kappa shape index (κ1) is 20.0. The number of halogens is 1. The Labute approximate surface area is 166 Å². The third-order valence-electron chi connectivity index (χ3n) is 4.14. The minimum absolute atomic E-state index is 0.124. The third-order valence-corrected chi connectivity index (χ3v) is 4.95. The van der Waals surface area contributed by atoms with Crippen LogP contribution in [-0.4, -0.2) is 47.3 Å². The van der Waals surface area contributed by atoms with Gasteiger partial charge in [0.1, 0.15) is 11.6 Å². The number of rotatable bonds is 5. The Bertz CT molecular complexity index is 888. The maximum absolute atomic E-state index is 14.1. The molecule has 2 aliphatic rings. The molecule has 0 saturated carbocycles. The number of carbonyl (C=O) groups is 2. The van der Waals surface area contributed by atoms with Crippen LogP contribution in [0, 0.1) is 0 Å². The fourth-order valence-corrected chi connectivity index (χ4v) is 3.52. The van der Waals surface area contributed by atoms with Gasteiger partial charge in [-0.2, -0.15) is 0 Å². The normalized spacial score (nSPS) is 19.5. The van der Waals surface area contributed by atoms with E-state index in [4.69, 9.17) is 0 Å². The molecule has 0 radical (unpaired) electrons. The fraction of sp³-hybridized carbons (Fsp3) is 0.263. The largest absolute Gasteiger partial charge is 0.354 e. The Morgan fingerprint density at radius 3 is 2.79 bits per heavy atom. The van der Waals surface area contributed by atoms with Crippen LogP contribution in [0.15, 0.2) is 54.0 Å². The number of thioether (sulfide) groups is 1. The number of nitrogens with zero attached hydrogens (tertiary/aromatic N) is 3. The highest BCUT2D eigenvalue weighted by Crippen LogP contribution is 2.28. The second kappa shape index (κ2) is 8.94. The molecule has 0 aromatic carbocycles. The lowest BCUT2D eigenvalue weighted by molar-refractivity contribution is -0.115. The molecule has 28 heavy (non-hydrogen) atoms. The molecule has 146 valence electrons. The molecule has 2 saturated heterocycles. The summed E-state index contributed by atoms with van der Waals surface area (Å²) in [6.07, 6.45) is 6.94. The number of allylic oxidation sites excluding steroid dienone is 5. The van der Waals surface area contributed by atoms with Crippen LogP contribution < -0.4 is 15.5 Å². The van der Waals surface area contributed by atoms with Crippen molar-refractivity contribution in [1.82, 2.24) is 20.6 Å². The zero-order valence-electron chi connectivity index (χ0n) is 15.2. The van der Waals surface area contributed by atoms with Crippen LogP contribution in [0.4, 0.5) is 15.0 Å². The number of imide groups is 1. The van der Waals surface area contributed by atoms with Crippen LogP contribution in [0.5, 0.6) is 0 Å². The first-order valence-corrected chi connectivity index (χ1v) is 9.54. The third kappa shape index (κ3) is 4.93.